The first-order chi connectivity index (χ1) is 15.3. The van der Waals surface area contributed by atoms with Crippen LogP contribution in [-0.4, -0.2) is 59.6 Å². The predicted molar refractivity (Wildman–Crippen MR) is 121 cm³/mol. The third kappa shape index (κ3) is 3.71. The van der Waals surface area contributed by atoms with E-state index in [1.165, 1.54) is 6.21 Å². The fourth-order valence-electron chi connectivity index (χ4n) is 4.06. The van der Waals surface area contributed by atoms with Gasteiger partial charge >= 0.3 is 0 Å². The summed E-state index contributed by atoms with van der Waals surface area (Å²) < 4.78 is 11.4. The van der Waals surface area contributed by atoms with Crippen molar-refractivity contribution in [2.24, 2.45) is 0 Å². The molecule has 31 heavy (non-hydrogen) atoms. The Labute approximate surface area is 179 Å². The van der Waals surface area contributed by atoms with Crippen LogP contribution in [0.1, 0.15) is 11.5 Å². The number of hydrogen-bond donors (Lipinski definition) is 3. The minimum atomic E-state index is 0.418. The first-order valence-electron chi connectivity index (χ1n) is 10.3. The maximum absolute atomic E-state index is 7.99. The fourth-order valence-corrected chi connectivity index (χ4v) is 4.06. The van der Waals surface area contributed by atoms with Crippen LogP contribution in [0.25, 0.3) is 33.5 Å². The minimum absolute atomic E-state index is 0.418. The molecular formula is C23H24N6O2. The number of rotatable bonds is 6. The van der Waals surface area contributed by atoms with Crippen LogP contribution in [-0.2, 0) is 11.3 Å². The van der Waals surface area contributed by atoms with Crippen LogP contribution in [0, 0.1) is 5.41 Å². The molecule has 0 saturated carbocycles. The number of anilines is 1. The number of H-pyrrole nitrogens is 1. The largest absolute Gasteiger partial charge is 0.419 e. The fraction of sp³-hybridized carbons (Fsp3) is 0.261. The number of nitrogens with one attached hydrogen (secondary N) is 3. The van der Waals surface area contributed by atoms with Crippen LogP contribution in [0.2, 0.25) is 0 Å². The van der Waals surface area contributed by atoms with Crippen LogP contribution in [0.5, 0.6) is 0 Å². The summed E-state index contributed by atoms with van der Waals surface area (Å²) >= 11 is 0. The lowest BCUT2D eigenvalue weighted by atomic mass is 9.95. The molecule has 4 aromatic rings. The molecule has 1 saturated heterocycles. The second-order valence-electron chi connectivity index (χ2n) is 7.51. The summed E-state index contributed by atoms with van der Waals surface area (Å²) in [5.74, 6) is 0.985. The molecule has 0 atom stereocenters. The van der Waals surface area contributed by atoms with E-state index in [0.29, 0.717) is 23.9 Å². The average molecular weight is 416 g/mol. The van der Waals surface area contributed by atoms with E-state index < -0.39 is 0 Å². The van der Waals surface area contributed by atoms with Crippen molar-refractivity contribution in [1.82, 2.24) is 20.1 Å². The van der Waals surface area contributed by atoms with Crippen molar-refractivity contribution in [3.63, 3.8) is 0 Å². The third-order valence-corrected chi connectivity index (χ3v) is 5.66. The molecule has 3 heterocycles. The highest BCUT2D eigenvalue weighted by Crippen LogP contribution is 2.36. The quantitative estimate of drug-likeness (QED) is 0.414. The maximum Gasteiger partial charge on any atom is 0.248 e. The van der Waals surface area contributed by atoms with E-state index in [9.17, 15) is 0 Å². The lowest BCUT2D eigenvalue weighted by Crippen LogP contribution is -2.35. The predicted octanol–water partition coefficient (Wildman–Crippen LogP) is 3.76. The van der Waals surface area contributed by atoms with Gasteiger partial charge in [-0.05, 0) is 35.4 Å². The third-order valence-electron chi connectivity index (χ3n) is 5.66. The summed E-state index contributed by atoms with van der Waals surface area (Å²) in [7, 11) is 1.85. The number of ether oxygens (including phenoxy) is 1. The second-order valence-corrected chi connectivity index (χ2v) is 7.51. The van der Waals surface area contributed by atoms with Crippen molar-refractivity contribution in [2.75, 3.05) is 38.7 Å². The van der Waals surface area contributed by atoms with Gasteiger partial charge in [0.15, 0.2) is 0 Å². The Morgan fingerprint density at radius 1 is 1.16 bits per heavy atom. The molecule has 0 radical (unpaired) electrons. The Kier molecular flexibility index (Phi) is 5.23. The highest BCUT2D eigenvalue weighted by Gasteiger charge is 2.19. The van der Waals surface area contributed by atoms with Gasteiger partial charge in [-0.3, -0.25) is 4.90 Å². The highest BCUT2D eigenvalue weighted by molar-refractivity contribution is 6.00. The van der Waals surface area contributed by atoms with E-state index in [-0.39, 0.29) is 0 Å². The number of aromatic nitrogens is 3. The molecule has 0 aliphatic carbocycles. The van der Waals surface area contributed by atoms with Gasteiger partial charge in [0.1, 0.15) is 0 Å². The normalized spacial score (nSPS) is 14.7. The average Bonchev–Trinajstić information content (AvgIpc) is 3.48. The van der Waals surface area contributed by atoms with Crippen molar-refractivity contribution in [2.45, 2.75) is 6.54 Å². The van der Waals surface area contributed by atoms with E-state index in [1.54, 1.807) is 0 Å². The van der Waals surface area contributed by atoms with Gasteiger partial charge in [-0.25, -0.2) is 0 Å². The number of benzene rings is 2. The first-order valence-corrected chi connectivity index (χ1v) is 10.3. The SMILES string of the molecule is CNc1cc(-c2cccc3[nH]ccc23)cc(-c2nnc(CN3CCOCC3)o2)c1C=N. The van der Waals surface area contributed by atoms with Gasteiger partial charge in [0.05, 0.1) is 25.3 Å². The molecule has 8 nitrogen and oxygen atoms in total. The molecule has 2 aromatic heterocycles. The molecule has 1 fully saturated rings. The molecule has 0 unspecified atom stereocenters. The highest BCUT2D eigenvalue weighted by atomic mass is 16.5. The van der Waals surface area contributed by atoms with Crippen molar-refractivity contribution in [1.29, 1.82) is 5.41 Å². The summed E-state index contributed by atoms with van der Waals surface area (Å²) in [6, 6.07) is 12.3. The zero-order valence-corrected chi connectivity index (χ0v) is 17.3. The molecular weight excluding hydrogens is 392 g/mol. The smallest absolute Gasteiger partial charge is 0.248 e. The number of morpholine rings is 1. The monoisotopic (exact) mass is 416 g/mol. The van der Waals surface area contributed by atoms with Crippen molar-refractivity contribution >= 4 is 22.8 Å². The number of fused-ring (bicyclic) bond motifs is 1. The molecule has 0 bridgehead atoms. The Hall–Kier alpha value is -3.49. The molecule has 1 aliphatic heterocycles. The Balaban J connectivity index is 1.57. The van der Waals surface area contributed by atoms with Gasteiger partial charge in [0.25, 0.3) is 0 Å². The lowest BCUT2D eigenvalue weighted by Gasteiger charge is -2.24. The number of nitrogens with zero attached hydrogens (tertiary/aromatic N) is 3. The Morgan fingerprint density at radius 3 is 2.84 bits per heavy atom. The van der Waals surface area contributed by atoms with Crippen molar-refractivity contribution in [3.05, 3.63) is 54.0 Å². The molecule has 158 valence electrons. The molecule has 3 N–H and O–H groups in total. The Morgan fingerprint density at radius 2 is 2.03 bits per heavy atom. The summed E-state index contributed by atoms with van der Waals surface area (Å²) in [5, 5.41) is 20.9. The van der Waals surface area contributed by atoms with E-state index in [1.807, 2.05) is 25.4 Å². The van der Waals surface area contributed by atoms with E-state index >= 15 is 0 Å². The van der Waals surface area contributed by atoms with Gasteiger partial charge < -0.3 is 24.9 Å². The molecule has 0 amide bonds. The van der Waals surface area contributed by atoms with Crippen LogP contribution in [0.3, 0.4) is 0 Å². The molecule has 8 heteroatoms. The zero-order valence-electron chi connectivity index (χ0n) is 17.3. The molecule has 1 aliphatic rings. The molecule has 0 spiro atoms. The van der Waals surface area contributed by atoms with Crippen molar-refractivity contribution < 1.29 is 9.15 Å². The van der Waals surface area contributed by atoms with Gasteiger partial charge in [0.2, 0.25) is 11.8 Å². The molecule has 5 rings (SSSR count). The zero-order chi connectivity index (χ0) is 21.2. The topological polar surface area (TPSA) is 103 Å². The lowest BCUT2D eigenvalue weighted by molar-refractivity contribution is 0.0306. The van der Waals surface area contributed by atoms with E-state index in [4.69, 9.17) is 14.6 Å². The van der Waals surface area contributed by atoms with Crippen LogP contribution >= 0.6 is 0 Å². The second kappa shape index (κ2) is 8.33. The summed E-state index contributed by atoms with van der Waals surface area (Å²) in [6.45, 7) is 3.74. The van der Waals surface area contributed by atoms with Crippen LogP contribution in [0.15, 0.2) is 47.0 Å². The maximum atomic E-state index is 7.99. The number of aromatic amines is 1. The first kappa shape index (κ1) is 19.5. The molecule has 2 aromatic carbocycles. The van der Waals surface area contributed by atoms with Crippen LogP contribution in [0.4, 0.5) is 5.69 Å². The summed E-state index contributed by atoms with van der Waals surface area (Å²) in [5.41, 5.74) is 5.48. The Bertz CT molecular complexity index is 1220. The number of hydrogen-bond acceptors (Lipinski definition) is 7. The standard InChI is InChI=1S/C23H24N6O2/c1-25-21-12-15(16-3-2-4-20-17(16)5-6-26-20)11-18(19(21)13-24)23-28-27-22(31-23)14-29-7-9-30-10-8-29/h2-6,11-13,24-26H,7-10,14H2,1H3. The minimum Gasteiger partial charge on any atom is -0.419 e. The van der Waals surface area contributed by atoms with Gasteiger partial charge in [-0.2, -0.15) is 0 Å². The van der Waals surface area contributed by atoms with E-state index in [0.717, 1.165) is 59.6 Å². The summed E-state index contributed by atoms with van der Waals surface area (Å²) in [4.78, 5) is 5.50. The van der Waals surface area contributed by atoms with Crippen LogP contribution < -0.4 is 5.32 Å². The van der Waals surface area contributed by atoms with Gasteiger partial charge in [0, 0.05) is 54.7 Å². The van der Waals surface area contributed by atoms with Gasteiger partial charge in [-0.1, -0.05) is 12.1 Å². The van der Waals surface area contributed by atoms with E-state index in [2.05, 4.69) is 49.7 Å². The summed E-state index contributed by atoms with van der Waals surface area (Å²) in [6.07, 6.45) is 3.27. The van der Waals surface area contributed by atoms with Crippen molar-refractivity contribution in [3.8, 4) is 22.6 Å². The van der Waals surface area contributed by atoms with Gasteiger partial charge in [-0.15, -0.1) is 10.2 Å².